The quantitative estimate of drug-likeness (QED) is 0.171. The van der Waals surface area contributed by atoms with Crippen LogP contribution in [0.5, 0.6) is 5.75 Å². The van der Waals surface area contributed by atoms with Gasteiger partial charge in [0.05, 0.1) is 22.5 Å². The van der Waals surface area contributed by atoms with E-state index >= 15 is 0 Å². The third-order valence-electron chi connectivity index (χ3n) is 13.1. The van der Waals surface area contributed by atoms with E-state index in [4.69, 9.17) is 9.97 Å². The van der Waals surface area contributed by atoms with Gasteiger partial charge in [-0.15, -0.1) is 0 Å². The van der Waals surface area contributed by atoms with Crippen molar-refractivity contribution in [2.45, 2.75) is 44.9 Å². The molecule has 0 fully saturated rings. The van der Waals surface area contributed by atoms with Gasteiger partial charge in [-0.1, -0.05) is 161 Å². The summed E-state index contributed by atoms with van der Waals surface area (Å²) in [4.78, 5) is 12.5. The number of anilines is 2. The Morgan fingerprint density at radius 3 is 2.05 bits per heavy atom. The lowest BCUT2D eigenvalue weighted by atomic mass is 9.82. The maximum absolute atomic E-state index is 12.3. The van der Waals surface area contributed by atoms with E-state index < -0.39 is 0 Å². The molecule has 0 aliphatic heterocycles. The Bertz CT molecular complexity index is 3250. The molecule has 11 rings (SSSR count). The van der Waals surface area contributed by atoms with Gasteiger partial charge >= 0.3 is 0 Å². The van der Waals surface area contributed by atoms with Crippen molar-refractivity contribution < 1.29 is 5.11 Å². The number of phenols is 1. The van der Waals surface area contributed by atoms with Crippen molar-refractivity contribution >= 4 is 27.9 Å². The molecule has 0 saturated carbocycles. The molecule has 7 aromatic carbocycles. The van der Waals surface area contributed by atoms with E-state index in [1.165, 1.54) is 44.5 Å². The highest BCUT2D eigenvalue weighted by Gasteiger charge is 2.39. The van der Waals surface area contributed by atoms with E-state index in [9.17, 15) is 5.11 Å². The number of rotatable bonds is 6. The van der Waals surface area contributed by atoms with Gasteiger partial charge in [0.1, 0.15) is 5.75 Å². The second kappa shape index (κ2) is 13.8. The lowest BCUT2D eigenvalue weighted by Crippen LogP contribution is -2.20. The highest BCUT2D eigenvalue weighted by Crippen LogP contribution is 2.55. The van der Waals surface area contributed by atoms with Crippen LogP contribution in [0, 0.1) is 11.8 Å². The molecule has 0 atom stereocenters. The number of allylic oxidation sites excluding steroid dienone is 3. The van der Waals surface area contributed by atoms with Gasteiger partial charge in [0, 0.05) is 56.3 Å². The van der Waals surface area contributed by atoms with Gasteiger partial charge in [-0.2, -0.15) is 0 Å². The minimum absolute atomic E-state index is 0.0958. The van der Waals surface area contributed by atoms with Crippen molar-refractivity contribution in [3.63, 3.8) is 0 Å². The highest BCUT2D eigenvalue weighted by molar-refractivity contribution is 5.97. The molecule has 0 amide bonds. The number of hydrogen-bond acceptors (Lipinski definition) is 4. The Kier molecular flexibility index (Phi) is 8.28. The first-order chi connectivity index (χ1) is 29.7. The molecule has 0 bridgehead atoms. The monoisotopic (exact) mass is 785 g/mol. The number of benzene rings is 7. The second-order valence-corrected chi connectivity index (χ2v) is 17.3. The first-order valence-corrected chi connectivity index (χ1v) is 21.0. The van der Waals surface area contributed by atoms with Crippen LogP contribution in [0.1, 0.15) is 61.9 Å². The van der Waals surface area contributed by atoms with Crippen LogP contribution in [-0.4, -0.2) is 15.1 Å². The van der Waals surface area contributed by atoms with E-state index in [0.717, 1.165) is 44.8 Å². The van der Waals surface area contributed by atoms with Crippen molar-refractivity contribution in [1.82, 2.24) is 9.97 Å². The predicted molar refractivity (Wildman–Crippen MR) is 251 cm³/mol. The van der Waals surface area contributed by atoms with Crippen molar-refractivity contribution in [1.29, 1.82) is 0 Å². The maximum atomic E-state index is 12.3. The largest absolute Gasteiger partial charge is 0.507 e. The average molecular weight is 786 g/mol. The zero-order chi connectivity index (χ0) is 41.5. The molecule has 0 unspecified atom stereocenters. The first kappa shape index (κ1) is 36.6. The molecule has 61 heavy (non-hydrogen) atoms. The fourth-order valence-electron chi connectivity index (χ4n) is 9.98. The molecule has 1 heterocycles. The van der Waals surface area contributed by atoms with Crippen LogP contribution in [-0.2, 0) is 10.8 Å². The number of aromatic nitrogens is 2. The van der Waals surface area contributed by atoms with Gasteiger partial charge in [-0.05, 0) is 87.5 Å². The Morgan fingerprint density at radius 1 is 0.574 bits per heavy atom. The van der Waals surface area contributed by atoms with Crippen LogP contribution in [0.4, 0.5) is 11.4 Å². The number of para-hydroxylation sites is 2. The molecule has 3 aliphatic carbocycles. The molecule has 4 heteroatoms. The molecule has 3 aliphatic rings. The van der Waals surface area contributed by atoms with Gasteiger partial charge < -0.3 is 10.0 Å². The fraction of sp³-hybridized carbons (Fsp3) is 0.123. The maximum Gasteiger partial charge on any atom is 0.164 e. The number of aromatic hydroxyl groups is 1. The second-order valence-electron chi connectivity index (χ2n) is 17.3. The summed E-state index contributed by atoms with van der Waals surface area (Å²) < 4.78 is 0. The summed E-state index contributed by atoms with van der Waals surface area (Å²) in [5.41, 5.74) is 17.6. The molecule has 292 valence electrons. The molecule has 8 aromatic rings. The highest BCUT2D eigenvalue weighted by atomic mass is 16.3. The van der Waals surface area contributed by atoms with Gasteiger partial charge in [0.2, 0.25) is 0 Å². The van der Waals surface area contributed by atoms with Crippen molar-refractivity contribution in [2.75, 3.05) is 4.90 Å². The number of nitrogens with zero attached hydrogens (tertiary/aromatic N) is 3. The molecule has 1 N–H and O–H groups in total. The number of phenolic OH excluding ortho intramolecular Hbond substituents is 1. The van der Waals surface area contributed by atoms with Gasteiger partial charge in [-0.25, -0.2) is 9.97 Å². The fourth-order valence-corrected chi connectivity index (χ4v) is 9.98. The molecular weight excluding hydrogens is 743 g/mol. The lowest BCUT2D eigenvalue weighted by Gasteiger charge is -2.31. The molecule has 1 aromatic heterocycles. The summed E-state index contributed by atoms with van der Waals surface area (Å²) >= 11 is 0. The number of hydrogen-bond donors (Lipinski definition) is 1. The molecule has 0 radical (unpaired) electrons. The average Bonchev–Trinajstić information content (AvgIpc) is 3.50. The third-order valence-corrected chi connectivity index (χ3v) is 13.1. The minimum Gasteiger partial charge on any atom is -0.507 e. The summed E-state index contributed by atoms with van der Waals surface area (Å²) in [7, 11) is 0. The van der Waals surface area contributed by atoms with Gasteiger partial charge in [0.25, 0.3) is 0 Å². The SMILES string of the molecule is CC1(C)c2ccccc2-c2ccc(N(C3=CCC#CC(c4cccc(-c5nc(-c6ccccc6)c6ccccc6n5)c4O)=C3)c3cccc4c3-c3ccccc3C4(C)C)cc21. The summed E-state index contributed by atoms with van der Waals surface area (Å²) in [5, 5.41) is 13.3. The van der Waals surface area contributed by atoms with E-state index in [0.29, 0.717) is 23.4 Å². The smallest absolute Gasteiger partial charge is 0.164 e. The Hall–Kier alpha value is -7.48. The van der Waals surface area contributed by atoms with E-state index in [-0.39, 0.29) is 16.6 Å². The molecular formula is C57H43N3O. The summed E-state index contributed by atoms with van der Waals surface area (Å²) in [6.45, 7) is 9.32. The van der Waals surface area contributed by atoms with Crippen LogP contribution in [0.2, 0.25) is 0 Å². The minimum atomic E-state index is -0.180. The summed E-state index contributed by atoms with van der Waals surface area (Å²) in [6.07, 6.45) is 4.91. The summed E-state index contributed by atoms with van der Waals surface area (Å²) in [5.74, 6) is 7.41. The zero-order valence-corrected chi connectivity index (χ0v) is 34.7. The van der Waals surface area contributed by atoms with Crippen LogP contribution in [0.3, 0.4) is 0 Å². The normalized spacial score (nSPS) is 15.0. The van der Waals surface area contributed by atoms with Crippen molar-refractivity contribution in [2.24, 2.45) is 0 Å². The van der Waals surface area contributed by atoms with E-state index in [1.54, 1.807) is 0 Å². The molecule has 0 spiro atoms. The Morgan fingerprint density at radius 2 is 1.21 bits per heavy atom. The van der Waals surface area contributed by atoms with Crippen LogP contribution < -0.4 is 4.90 Å². The number of fused-ring (bicyclic) bond motifs is 7. The van der Waals surface area contributed by atoms with E-state index in [1.807, 2.05) is 60.7 Å². The molecule has 4 nitrogen and oxygen atoms in total. The van der Waals surface area contributed by atoms with Gasteiger partial charge in [0.15, 0.2) is 5.82 Å². The van der Waals surface area contributed by atoms with Crippen LogP contribution >= 0.6 is 0 Å². The predicted octanol–water partition coefficient (Wildman–Crippen LogP) is 13.8. The topological polar surface area (TPSA) is 49.2 Å². The van der Waals surface area contributed by atoms with Crippen LogP contribution in [0.25, 0.3) is 61.4 Å². The first-order valence-electron chi connectivity index (χ1n) is 21.0. The Balaban J connectivity index is 1.09. The van der Waals surface area contributed by atoms with E-state index in [2.05, 4.69) is 154 Å². The molecule has 0 saturated heterocycles. The van der Waals surface area contributed by atoms with Gasteiger partial charge in [-0.3, -0.25) is 0 Å². The standard InChI is InChI=1S/C57H43N3O/c1-56(2)47-28-14-11-23-43(47)52-48(56)29-17-31-51(52)60(39-32-33-42-41-22-10-13-27-46(41)57(3,4)49(42)35-39)38-21-9-8-20-37(34-38)40-25-16-26-45(54(40)61)55-58-50-30-15-12-24-44(50)53(59-55)36-18-6-5-7-19-36/h5-7,10-19,21-35,61H,9H2,1-4H3. The van der Waals surface area contributed by atoms with Crippen molar-refractivity contribution in [3.8, 4) is 62.5 Å². The lowest BCUT2D eigenvalue weighted by molar-refractivity contribution is 0.475. The van der Waals surface area contributed by atoms with Crippen LogP contribution in [0.15, 0.2) is 176 Å². The Labute approximate surface area is 357 Å². The summed E-state index contributed by atoms with van der Waals surface area (Å²) in [6, 6.07) is 55.3. The van der Waals surface area contributed by atoms with Crippen molar-refractivity contribution in [3.05, 3.63) is 203 Å². The third kappa shape index (κ3) is 5.69. The zero-order valence-electron chi connectivity index (χ0n) is 34.7.